The molecule has 0 saturated heterocycles. The maximum absolute atomic E-state index is 11.3. The molecule has 0 aromatic rings. The molecule has 0 aliphatic rings. The highest BCUT2D eigenvalue weighted by Gasteiger charge is 2.19. The lowest BCUT2D eigenvalue weighted by Gasteiger charge is -2.24. The third kappa shape index (κ3) is 10.1. The molecule has 0 spiro atoms. The van der Waals surface area contributed by atoms with Crippen molar-refractivity contribution >= 4 is 16.0 Å². The second-order valence-corrected chi connectivity index (χ2v) is 6.87. The van der Waals surface area contributed by atoms with Gasteiger partial charge in [-0.2, -0.15) is 0 Å². The molecule has 0 aliphatic heterocycles. The molecule has 8 heteroatoms. The van der Waals surface area contributed by atoms with Gasteiger partial charge in [0.15, 0.2) is 0 Å². The van der Waals surface area contributed by atoms with Crippen LogP contribution in [0.5, 0.6) is 0 Å². The third-order valence-electron chi connectivity index (χ3n) is 2.67. The summed E-state index contributed by atoms with van der Waals surface area (Å²) < 4.78 is 35.3. The van der Waals surface area contributed by atoms with Crippen molar-refractivity contribution in [2.75, 3.05) is 33.0 Å². The van der Waals surface area contributed by atoms with Gasteiger partial charge < -0.3 is 14.8 Å². The molecule has 0 aromatic carbocycles. The molecule has 0 amide bonds. The fraction of sp³-hybridized carbons (Fsp3) is 0.917. The summed E-state index contributed by atoms with van der Waals surface area (Å²) in [7, 11) is -1.67. The number of sulfonamides is 1. The molecule has 120 valence electrons. The van der Waals surface area contributed by atoms with Crippen molar-refractivity contribution < 1.29 is 22.7 Å². The Hall–Kier alpha value is -0.700. The van der Waals surface area contributed by atoms with Crippen molar-refractivity contribution in [3.8, 4) is 0 Å². The highest BCUT2D eigenvalue weighted by molar-refractivity contribution is 7.88. The molecule has 2 N–H and O–H groups in total. The van der Waals surface area contributed by atoms with E-state index in [4.69, 9.17) is 9.47 Å². The van der Waals surface area contributed by atoms with Gasteiger partial charge in [-0.1, -0.05) is 13.8 Å². The first kappa shape index (κ1) is 19.3. The summed E-state index contributed by atoms with van der Waals surface area (Å²) in [5.74, 6) is -0.124. The second-order valence-electron chi connectivity index (χ2n) is 5.04. The predicted octanol–water partition coefficient (Wildman–Crippen LogP) is -0.272. The fourth-order valence-corrected chi connectivity index (χ4v) is 1.72. The van der Waals surface area contributed by atoms with Crippen LogP contribution in [0.4, 0.5) is 0 Å². The van der Waals surface area contributed by atoms with E-state index in [1.807, 2.05) is 20.8 Å². The van der Waals surface area contributed by atoms with Crippen LogP contribution < -0.4 is 10.0 Å². The van der Waals surface area contributed by atoms with Gasteiger partial charge in [-0.15, -0.1) is 0 Å². The molecule has 0 rings (SSSR count). The SMILES string of the molecule is CNCC(=O)OC[C@H](CNS(C)(=O)=O)O[C@@H](C)C(C)C. The van der Waals surface area contributed by atoms with Crippen LogP contribution in [0.1, 0.15) is 20.8 Å². The Bertz CT molecular complexity index is 383. The normalized spacial score (nSPS) is 15.1. The number of hydrogen-bond donors (Lipinski definition) is 2. The summed E-state index contributed by atoms with van der Waals surface area (Å²) >= 11 is 0. The third-order valence-corrected chi connectivity index (χ3v) is 3.36. The smallest absolute Gasteiger partial charge is 0.320 e. The summed E-state index contributed by atoms with van der Waals surface area (Å²) in [5.41, 5.74) is 0. The van der Waals surface area contributed by atoms with Crippen molar-refractivity contribution in [1.82, 2.24) is 10.0 Å². The Morgan fingerprint density at radius 3 is 2.30 bits per heavy atom. The lowest BCUT2D eigenvalue weighted by molar-refractivity contribution is -0.148. The van der Waals surface area contributed by atoms with Crippen LogP contribution in [0.2, 0.25) is 0 Å². The molecule has 7 nitrogen and oxygen atoms in total. The number of carbonyl (C=O) groups is 1. The number of rotatable bonds is 10. The average molecular weight is 310 g/mol. The van der Waals surface area contributed by atoms with Gasteiger partial charge in [0.2, 0.25) is 10.0 Å². The Morgan fingerprint density at radius 1 is 1.25 bits per heavy atom. The predicted molar refractivity (Wildman–Crippen MR) is 76.9 cm³/mol. The van der Waals surface area contributed by atoms with E-state index in [1.54, 1.807) is 7.05 Å². The Kier molecular flexibility index (Phi) is 8.95. The molecule has 0 aliphatic carbocycles. The molecule has 0 saturated carbocycles. The van der Waals surface area contributed by atoms with Gasteiger partial charge >= 0.3 is 5.97 Å². The molecular weight excluding hydrogens is 284 g/mol. The molecular formula is C12H26N2O5S. The molecule has 0 aromatic heterocycles. The van der Waals surface area contributed by atoms with Crippen LogP contribution in [0.25, 0.3) is 0 Å². The maximum Gasteiger partial charge on any atom is 0.320 e. The minimum Gasteiger partial charge on any atom is -0.462 e. The number of carbonyl (C=O) groups excluding carboxylic acids is 1. The quantitative estimate of drug-likeness (QED) is 0.539. The summed E-state index contributed by atoms with van der Waals surface area (Å²) in [6.07, 6.45) is 0.496. The van der Waals surface area contributed by atoms with Gasteiger partial charge in [0.25, 0.3) is 0 Å². The largest absolute Gasteiger partial charge is 0.462 e. The molecule has 0 fully saturated rings. The maximum atomic E-state index is 11.3. The minimum absolute atomic E-state index is 0.0140. The summed E-state index contributed by atoms with van der Waals surface area (Å²) in [4.78, 5) is 11.3. The lowest BCUT2D eigenvalue weighted by Crippen LogP contribution is -2.39. The van der Waals surface area contributed by atoms with Crippen molar-refractivity contribution in [3.05, 3.63) is 0 Å². The number of ether oxygens (including phenoxy) is 2. The van der Waals surface area contributed by atoms with E-state index in [-0.39, 0.29) is 31.7 Å². The zero-order chi connectivity index (χ0) is 15.8. The zero-order valence-electron chi connectivity index (χ0n) is 12.8. The van der Waals surface area contributed by atoms with E-state index in [0.29, 0.717) is 0 Å². The van der Waals surface area contributed by atoms with E-state index in [9.17, 15) is 13.2 Å². The standard InChI is InChI=1S/C12H26N2O5S/c1-9(2)10(3)19-11(6-14-20(5,16)17)8-18-12(15)7-13-4/h9-11,13-14H,6-8H2,1-5H3/t10-,11-/m0/s1. The lowest BCUT2D eigenvalue weighted by atomic mass is 10.1. The van der Waals surface area contributed by atoms with Crippen molar-refractivity contribution in [3.63, 3.8) is 0 Å². The number of nitrogens with one attached hydrogen (secondary N) is 2. The highest BCUT2D eigenvalue weighted by atomic mass is 32.2. The monoisotopic (exact) mass is 310 g/mol. The van der Waals surface area contributed by atoms with E-state index in [2.05, 4.69) is 10.0 Å². The van der Waals surface area contributed by atoms with Gasteiger partial charge in [-0.05, 0) is 19.9 Å². The minimum atomic E-state index is -3.31. The van der Waals surface area contributed by atoms with Crippen LogP contribution in [-0.4, -0.2) is 59.6 Å². The second kappa shape index (κ2) is 9.28. The molecule has 0 bridgehead atoms. The van der Waals surface area contributed by atoms with Crippen LogP contribution in [0.3, 0.4) is 0 Å². The topological polar surface area (TPSA) is 93.7 Å². The van der Waals surface area contributed by atoms with Crippen molar-refractivity contribution in [2.45, 2.75) is 33.0 Å². The van der Waals surface area contributed by atoms with Gasteiger partial charge in [0.1, 0.15) is 12.7 Å². The number of esters is 1. The zero-order valence-corrected chi connectivity index (χ0v) is 13.6. The van der Waals surface area contributed by atoms with Gasteiger partial charge in [-0.25, -0.2) is 13.1 Å². The molecule has 2 atom stereocenters. The fourth-order valence-electron chi connectivity index (χ4n) is 1.23. The first-order valence-electron chi connectivity index (χ1n) is 6.56. The summed E-state index contributed by atoms with van der Waals surface area (Å²) in [6, 6.07) is 0. The first-order valence-corrected chi connectivity index (χ1v) is 8.45. The van der Waals surface area contributed by atoms with Crippen molar-refractivity contribution in [1.29, 1.82) is 0 Å². The molecule has 0 unspecified atom stereocenters. The number of hydrogen-bond acceptors (Lipinski definition) is 6. The molecule has 0 radical (unpaired) electrons. The van der Waals surface area contributed by atoms with Gasteiger partial charge in [0, 0.05) is 6.54 Å². The first-order chi connectivity index (χ1) is 9.15. The van der Waals surface area contributed by atoms with E-state index in [1.165, 1.54) is 0 Å². The van der Waals surface area contributed by atoms with Gasteiger partial charge in [0.05, 0.1) is 18.9 Å². The summed E-state index contributed by atoms with van der Waals surface area (Å²) in [5, 5.41) is 2.68. The van der Waals surface area contributed by atoms with E-state index in [0.717, 1.165) is 6.26 Å². The van der Waals surface area contributed by atoms with Crippen molar-refractivity contribution in [2.24, 2.45) is 5.92 Å². The Balaban J connectivity index is 4.42. The Morgan fingerprint density at radius 2 is 1.85 bits per heavy atom. The average Bonchev–Trinajstić information content (AvgIpc) is 2.31. The van der Waals surface area contributed by atoms with E-state index < -0.39 is 22.1 Å². The van der Waals surface area contributed by atoms with Gasteiger partial charge in [-0.3, -0.25) is 4.79 Å². The summed E-state index contributed by atoms with van der Waals surface area (Å²) in [6.45, 7) is 6.08. The van der Waals surface area contributed by atoms with Crippen LogP contribution >= 0.6 is 0 Å². The molecule has 0 heterocycles. The number of likely N-dealkylation sites (N-methyl/N-ethyl adjacent to an activating group) is 1. The van der Waals surface area contributed by atoms with Crippen LogP contribution in [0, 0.1) is 5.92 Å². The van der Waals surface area contributed by atoms with Crippen LogP contribution in [-0.2, 0) is 24.3 Å². The van der Waals surface area contributed by atoms with E-state index >= 15 is 0 Å². The molecule has 20 heavy (non-hydrogen) atoms. The highest BCUT2D eigenvalue weighted by Crippen LogP contribution is 2.09. The van der Waals surface area contributed by atoms with Crippen LogP contribution in [0.15, 0.2) is 0 Å². The Labute approximate surface area is 121 Å².